The van der Waals surface area contributed by atoms with Gasteiger partial charge in [-0.15, -0.1) is 0 Å². The lowest BCUT2D eigenvalue weighted by molar-refractivity contribution is -0.166. The van der Waals surface area contributed by atoms with Gasteiger partial charge in [0.15, 0.2) is 0 Å². The third kappa shape index (κ3) is 5.08. The van der Waals surface area contributed by atoms with E-state index in [1.165, 1.54) is 11.0 Å². The Morgan fingerprint density at radius 3 is 2.33 bits per heavy atom. The van der Waals surface area contributed by atoms with Crippen LogP contribution in [0.4, 0.5) is 0 Å². The van der Waals surface area contributed by atoms with E-state index in [0.717, 1.165) is 0 Å². The molecule has 0 aliphatic carbocycles. The SMILES string of the molecule is C=CC(=O)N1CC[C@@H](C(=O)N(C)C(C(=O)OC(C)(C)C)C(C)C)C1. The number of nitrogens with zero attached hydrogens (tertiary/aromatic N) is 2. The number of carbonyl (C=O) groups is 3. The first-order valence-electron chi connectivity index (χ1n) is 8.38. The van der Waals surface area contributed by atoms with Crippen molar-refractivity contribution in [1.29, 1.82) is 0 Å². The highest BCUT2D eigenvalue weighted by Crippen LogP contribution is 2.23. The molecule has 24 heavy (non-hydrogen) atoms. The van der Waals surface area contributed by atoms with Crippen LogP contribution in [-0.4, -0.2) is 59.4 Å². The van der Waals surface area contributed by atoms with Gasteiger partial charge < -0.3 is 14.5 Å². The van der Waals surface area contributed by atoms with E-state index in [4.69, 9.17) is 4.74 Å². The van der Waals surface area contributed by atoms with Crippen molar-refractivity contribution in [3.05, 3.63) is 12.7 Å². The quantitative estimate of drug-likeness (QED) is 0.567. The van der Waals surface area contributed by atoms with Gasteiger partial charge in [-0.3, -0.25) is 9.59 Å². The fourth-order valence-corrected chi connectivity index (χ4v) is 2.96. The van der Waals surface area contributed by atoms with Crippen LogP contribution in [0.5, 0.6) is 0 Å². The van der Waals surface area contributed by atoms with Gasteiger partial charge in [0.05, 0.1) is 5.92 Å². The van der Waals surface area contributed by atoms with Gasteiger partial charge in [-0.25, -0.2) is 4.79 Å². The van der Waals surface area contributed by atoms with E-state index in [2.05, 4.69) is 6.58 Å². The monoisotopic (exact) mass is 338 g/mol. The van der Waals surface area contributed by atoms with Crippen LogP contribution in [-0.2, 0) is 19.1 Å². The summed E-state index contributed by atoms with van der Waals surface area (Å²) in [7, 11) is 1.63. The maximum absolute atomic E-state index is 12.8. The Morgan fingerprint density at radius 1 is 1.29 bits per heavy atom. The molecule has 0 saturated carbocycles. The molecule has 6 nitrogen and oxygen atoms in total. The first-order valence-corrected chi connectivity index (χ1v) is 8.38. The van der Waals surface area contributed by atoms with E-state index < -0.39 is 17.6 Å². The molecule has 0 aromatic carbocycles. The van der Waals surface area contributed by atoms with Crippen LogP contribution in [0.15, 0.2) is 12.7 Å². The largest absolute Gasteiger partial charge is 0.458 e. The van der Waals surface area contributed by atoms with Gasteiger partial charge in [-0.1, -0.05) is 20.4 Å². The highest BCUT2D eigenvalue weighted by atomic mass is 16.6. The normalized spacial score (nSPS) is 19.1. The van der Waals surface area contributed by atoms with Crippen molar-refractivity contribution in [3.8, 4) is 0 Å². The Kier molecular flexibility index (Phi) is 6.58. The summed E-state index contributed by atoms with van der Waals surface area (Å²) in [6.07, 6.45) is 1.86. The predicted octanol–water partition coefficient (Wildman–Crippen LogP) is 1.85. The van der Waals surface area contributed by atoms with E-state index in [9.17, 15) is 14.4 Å². The van der Waals surface area contributed by atoms with Crippen LogP contribution in [0.3, 0.4) is 0 Å². The molecule has 1 fully saturated rings. The fraction of sp³-hybridized carbons (Fsp3) is 0.722. The number of likely N-dealkylation sites (N-methyl/N-ethyl adjacent to an activating group) is 1. The molecule has 0 bridgehead atoms. The third-order valence-electron chi connectivity index (χ3n) is 4.07. The lowest BCUT2D eigenvalue weighted by Gasteiger charge is -2.33. The van der Waals surface area contributed by atoms with E-state index in [0.29, 0.717) is 19.5 Å². The number of esters is 1. The van der Waals surface area contributed by atoms with Crippen molar-refractivity contribution in [2.45, 2.75) is 52.7 Å². The summed E-state index contributed by atoms with van der Waals surface area (Å²) in [5, 5.41) is 0. The summed E-state index contributed by atoms with van der Waals surface area (Å²) < 4.78 is 5.46. The van der Waals surface area contributed by atoms with Gasteiger partial charge >= 0.3 is 5.97 Å². The van der Waals surface area contributed by atoms with Crippen molar-refractivity contribution in [1.82, 2.24) is 9.80 Å². The Balaban J connectivity index is 2.82. The molecule has 0 N–H and O–H groups in total. The minimum atomic E-state index is -0.638. The summed E-state index contributed by atoms with van der Waals surface area (Å²) in [6.45, 7) is 13.6. The van der Waals surface area contributed by atoms with Crippen LogP contribution in [0.25, 0.3) is 0 Å². The molecule has 0 aromatic rings. The van der Waals surface area contributed by atoms with Crippen LogP contribution in [0.2, 0.25) is 0 Å². The number of amides is 2. The number of carbonyl (C=O) groups excluding carboxylic acids is 3. The number of hydrogen-bond acceptors (Lipinski definition) is 4. The summed E-state index contributed by atoms with van der Waals surface area (Å²) in [5.41, 5.74) is -0.603. The molecular weight excluding hydrogens is 308 g/mol. The predicted molar refractivity (Wildman–Crippen MR) is 92.1 cm³/mol. The van der Waals surface area contributed by atoms with Crippen molar-refractivity contribution in [2.24, 2.45) is 11.8 Å². The fourth-order valence-electron chi connectivity index (χ4n) is 2.96. The average Bonchev–Trinajstić information content (AvgIpc) is 2.92. The highest BCUT2D eigenvalue weighted by Gasteiger charge is 2.38. The number of ether oxygens (including phenoxy) is 1. The third-order valence-corrected chi connectivity index (χ3v) is 4.07. The Bertz CT molecular complexity index is 508. The van der Waals surface area contributed by atoms with E-state index in [1.807, 2.05) is 13.8 Å². The topological polar surface area (TPSA) is 66.9 Å². The number of rotatable bonds is 5. The molecule has 0 aromatic heterocycles. The van der Waals surface area contributed by atoms with Gasteiger partial charge in [0, 0.05) is 20.1 Å². The molecule has 1 aliphatic heterocycles. The van der Waals surface area contributed by atoms with Crippen molar-refractivity contribution in [3.63, 3.8) is 0 Å². The molecular formula is C18H30N2O4. The van der Waals surface area contributed by atoms with E-state index in [-0.39, 0.29) is 23.7 Å². The molecule has 1 rings (SSSR count). The van der Waals surface area contributed by atoms with Crippen LogP contribution in [0, 0.1) is 11.8 Å². The molecule has 1 saturated heterocycles. The second-order valence-electron chi connectivity index (χ2n) is 7.65. The second-order valence-corrected chi connectivity index (χ2v) is 7.65. The molecule has 0 radical (unpaired) electrons. The maximum Gasteiger partial charge on any atom is 0.329 e. The van der Waals surface area contributed by atoms with Crippen molar-refractivity contribution in [2.75, 3.05) is 20.1 Å². The molecule has 2 atom stereocenters. The Labute approximate surface area is 144 Å². The highest BCUT2D eigenvalue weighted by molar-refractivity contribution is 5.89. The lowest BCUT2D eigenvalue weighted by Crippen LogP contribution is -2.50. The number of hydrogen-bond donors (Lipinski definition) is 0. The minimum Gasteiger partial charge on any atom is -0.458 e. The van der Waals surface area contributed by atoms with E-state index in [1.54, 1.807) is 32.7 Å². The smallest absolute Gasteiger partial charge is 0.329 e. The average molecular weight is 338 g/mol. The molecule has 2 amide bonds. The van der Waals surface area contributed by atoms with Gasteiger partial charge in [-0.05, 0) is 39.2 Å². The van der Waals surface area contributed by atoms with Crippen LogP contribution >= 0.6 is 0 Å². The van der Waals surface area contributed by atoms with Gasteiger partial charge in [0.1, 0.15) is 11.6 Å². The second kappa shape index (κ2) is 7.81. The van der Waals surface area contributed by atoms with Crippen LogP contribution < -0.4 is 0 Å². The van der Waals surface area contributed by atoms with Crippen molar-refractivity contribution < 1.29 is 19.1 Å². The maximum atomic E-state index is 12.8. The molecule has 0 spiro atoms. The van der Waals surface area contributed by atoms with Crippen molar-refractivity contribution >= 4 is 17.8 Å². The van der Waals surface area contributed by atoms with Gasteiger partial charge in [0.2, 0.25) is 11.8 Å². The minimum absolute atomic E-state index is 0.0684. The molecule has 136 valence electrons. The van der Waals surface area contributed by atoms with Gasteiger partial charge in [0.25, 0.3) is 0 Å². The zero-order valence-corrected chi connectivity index (χ0v) is 15.7. The molecule has 1 aliphatic rings. The molecule has 1 unspecified atom stereocenters. The Hall–Kier alpha value is -1.85. The standard InChI is InChI=1S/C18H30N2O4/c1-8-14(21)20-10-9-13(11-20)16(22)19(7)15(12(2)3)17(23)24-18(4,5)6/h8,12-13,15H,1,9-11H2,2-7H3/t13-,15?/m1/s1. The summed E-state index contributed by atoms with van der Waals surface area (Å²) >= 11 is 0. The lowest BCUT2D eigenvalue weighted by atomic mass is 9.99. The summed E-state index contributed by atoms with van der Waals surface area (Å²) in [5.74, 6) is -1.05. The first-order chi connectivity index (χ1) is 11.0. The first kappa shape index (κ1) is 20.2. The van der Waals surface area contributed by atoms with E-state index >= 15 is 0 Å². The zero-order chi connectivity index (χ0) is 18.7. The summed E-state index contributed by atoms with van der Waals surface area (Å²) in [6, 6.07) is -0.638. The zero-order valence-electron chi connectivity index (χ0n) is 15.7. The van der Waals surface area contributed by atoms with Crippen LogP contribution in [0.1, 0.15) is 41.0 Å². The Morgan fingerprint density at radius 2 is 1.88 bits per heavy atom. The van der Waals surface area contributed by atoms with Gasteiger partial charge in [-0.2, -0.15) is 0 Å². The summed E-state index contributed by atoms with van der Waals surface area (Å²) in [4.78, 5) is 40.0. The number of likely N-dealkylation sites (tertiary alicyclic amines) is 1. The molecule has 1 heterocycles. The molecule has 6 heteroatoms.